The first-order chi connectivity index (χ1) is 14.3. The first-order valence-corrected chi connectivity index (χ1v) is 10.5. The van der Waals surface area contributed by atoms with Crippen molar-refractivity contribution >= 4 is 39.1 Å². The van der Waals surface area contributed by atoms with Gasteiger partial charge in [0.05, 0.1) is 22.8 Å². The lowest BCUT2D eigenvalue weighted by Gasteiger charge is -2.25. The van der Waals surface area contributed by atoms with E-state index in [0.29, 0.717) is 5.56 Å². The predicted octanol–water partition coefficient (Wildman–Crippen LogP) is 4.81. The summed E-state index contributed by atoms with van der Waals surface area (Å²) in [5.74, 6) is 0.750. The summed E-state index contributed by atoms with van der Waals surface area (Å²) < 4.78 is 0. The number of aromatic nitrogens is 3. The molecule has 4 heterocycles. The topological polar surface area (TPSA) is 71.0 Å². The number of thiazole rings is 1. The van der Waals surface area contributed by atoms with Crippen molar-refractivity contribution in [3.63, 3.8) is 0 Å². The van der Waals surface area contributed by atoms with Crippen molar-refractivity contribution in [3.8, 4) is 0 Å². The number of pyridine rings is 2. The van der Waals surface area contributed by atoms with Crippen LogP contribution in [0, 0.1) is 0 Å². The zero-order valence-corrected chi connectivity index (χ0v) is 16.5. The Labute approximate surface area is 172 Å². The normalized spacial score (nSPS) is 16.3. The SMILES string of the molecule is O=C(c1cccc2cccnc12)N1CCC[C@H]1c1cccc(Nc2nccs2)n1. The van der Waals surface area contributed by atoms with Gasteiger partial charge >= 0.3 is 0 Å². The van der Waals surface area contributed by atoms with Crippen LogP contribution in [0.1, 0.15) is 34.9 Å². The summed E-state index contributed by atoms with van der Waals surface area (Å²) >= 11 is 1.53. The van der Waals surface area contributed by atoms with Gasteiger partial charge in [0.1, 0.15) is 5.82 Å². The standard InChI is InChI=1S/C22H19N5OS/c28-21(16-7-1-5-15-6-3-11-23-20(15)16)27-13-4-9-18(27)17-8-2-10-19(25-17)26-22-24-12-14-29-22/h1-3,5-8,10-12,14,18H,4,9,13H2,(H,24,25,26)/t18-/m0/s1. The molecule has 0 bridgehead atoms. The number of rotatable bonds is 4. The number of fused-ring (bicyclic) bond motifs is 1. The fourth-order valence-corrected chi connectivity index (χ4v) is 4.39. The lowest BCUT2D eigenvalue weighted by Crippen LogP contribution is -2.31. The monoisotopic (exact) mass is 401 g/mol. The molecule has 29 heavy (non-hydrogen) atoms. The fourth-order valence-electron chi connectivity index (χ4n) is 3.85. The number of benzene rings is 1. The van der Waals surface area contributed by atoms with E-state index in [2.05, 4.69) is 15.3 Å². The van der Waals surface area contributed by atoms with Crippen LogP contribution >= 0.6 is 11.3 Å². The number of nitrogens with one attached hydrogen (secondary N) is 1. The molecule has 4 aromatic rings. The minimum Gasteiger partial charge on any atom is -0.330 e. The van der Waals surface area contributed by atoms with Gasteiger partial charge in [-0.3, -0.25) is 9.78 Å². The first-order valence-electron chi connectivity index (χ1n) is 9.58. The summed E-state index contributed by atoms with van der Waals surface area (Å²) in [6, 6.07) is 15.5. The minimum atomic E-state index is -0.0421. The fraction of sp³-hybridized carbons (Fsp3) is 0.182. The van der Waals surface area contributed by atoms with E-state index in [4.69, 9.17) is 4.98 Å². The van der Waals surface area contributed by atoms with Gasteiger partial charge in [0.25, 0.3) is 5.91 Å². The van der Waals surface area contributed by atoms with Crippen LogP contribution in [0.15, 0.2) is 66.3 Å². The highest BCUT2D eigenvalue weighted by atomic mass is 32.1. The Hall–Kier alpha value is -3.32. The second kappa shape index (κ2) is 7.60. The van der Waals surface area contributed by atoms with E-state index in [9.17, 15) is 4.79 Å². The molecule has 0 radical (unpaired) electrons. The van der Waals surface area contributed by atoms with Gasteiger partial charge < -0.3 is 10.2 Å². The third-order valence-electron chi connectivity index (χ3n) is 5.16. The number of hydrogen-bond donors (Lipinski definition) is 1. The number of hydrogen-bond acceptors (Lipinski definition) is 6. The Morgan fingerprint density at radius 2 is 1.97 bits per heavy atom. The molecule has 1 fully saturated rings. The second-order valence-electron chi connectivity index (χ2n) is 6.95. The molecule has 1 aromatic carbocycles. The molecule has 0 aliphatic carbocycles. The van der Waals surface area contributed by atoms with Crippen molar-refractivity contribution < 1.29 is 4.79 Å². The van der Waals surface area contributed by atoms with Gasteiger partial charge in [-0.15, -0.1) is 11.3 Å². The molecule has 1 atom stereocenters. The first kappa shape index (κ1) is 17.8. The molecule has 144 valence electrons. The van der Waals surface area contributed by atoms with Crippen molar-refractivity contribution in [3.05, 3.63) is 77.6 Å². The summed E-state index contributed by atoms with van der Waals surface area (Å²) in [6.07, 6.45) is 5.35. The molecule has 3 aromatic heterocycles. The third-order valence-corrected chi connectivity index (χ3v) is 5.84. The van der Waals surface area contributed by atoms with E-state index >= 15 is 0 Å². The van der Waals surface area contributed by atoms with Crippen LogP contribution in [0.3, 0.4) is 0 Å². The molecule has 0 saturated carbocycles. The Morgan fingerprint density at radius 3 is 2.86 bits per heavy atom. The lowest BCUT2D eigenvalue weighted by molar-refractivity contribution is 0.0735. The zero-order chi connectivity index (χ0) is 19.6. The van der Waals surface area contributed by atoms with Crippen LogP contribution < -0.4 is 5.32 Å². The van der Waals surface area contributed by atoms with Crippen molar-refractivity contribution in [2.24, 2.45) is 0 Å². The molecule has 7 heteroatoms. The van der Waals surface area contributed by atoms with E-state index < -0.39 is 0 Å². The van der Waals surface area contributed by atoms with E-state index in [-0.39, 0.29) is 11.9 Å². The molecule has 1 saturated heterocycles. The number of anilines is 2. The van der Waals surface area contributed by atoms with Gasteiger partial charge in [-0.25, -0.2) is 9.97 Å². The maximum atomic E-state index is 13.4. The predicted molar refractivity (Wildman–Crippen MR) is 114 cm³/mol. The average Bonchev–Trinajstić information content (AvgIpc) is 3.45. The molecule has 1 N–H and O–H groups in total. The Balaban J connectivity index is 1.45. The van der Waals surface area contributed by atoms with Crippen LogP contribution in [-0.4, -0.2) is 32.3 Å². The molecule has 6 nitrogen and oxygen atoms in total. The van der Waals surface area contributed by atoms with Crippen molar-refractivity contribution in [1.82, 2.24) is 19.9 Å². The molecule has 5 rings (SSSR count). The van der Waals surface area contributed by atoms with E-state index in [0.717, 1.165) is 46.9 Å². The molecule has 0 spiro atoms. The quantitative estimate of drug-likeness (QED) is 0.531. The van der Waals surface area contributed by atoms with Gasteiger partial charge in [-0.1, -0.05) is 24.3 Å². The van der Waals surface area contributed by atoms with Crippen LogP contribution in [0.5, 0.6) is 0 Å². The lowest BCUT2D eigenvalue weighted by atomic mass is 10.1. The summed E-state index contributed by atoms with van der Waals surface area (Å²) in [5, 5.41) is 6.92. The number of carbonyl (C=O) groups excluding carboxylic acids is 1. The number of nitrogens with zero attached hydrogens (tertiary/aromatic N) is 4. The zero-order valence-electron chi connectivity index (χ0n) is 15.7. The van der Waals surface area contributed by atoms with Crippen molar-refractivity contribution in [2.45, 2.75) is 18.9 Å². The molecular weight excluding hydrogens is 382 g/mol. The third kappa shape index (κ3) is 3.45. The molecule has 1 amide bonds. The highest BCUT2D eigenvalue weighted by molar-refractivity contribution is 7.13. The number of para-hydroxylation sites is 1. The van der Waals surface area contributed by atoms with Gasteiger partial charge in [0, 0.05) is 29.7 Å². The van der Waals surface area contributed by atoms with Crippen LogP contribution in [0.2, 0.25) is 0 Å². The Bertz CT molecular complexity index is 1160. The van der Waals surface area contributed by atoms with E-state index in [1.54, 1.807) is 12.4 Å². The average molecular weight is 401 g/mol. The number of likely N-dealkylation sites (tertiary alicyclic amines) is 1. The van der Waals surface area contributed by atoms with Crippen LogP contribution in [-0.2, 0) is 0 Å². The summed E-state index contributed by atoms with van der Waals surface area (Å²) in [4.78, 5) is 28.8. The van der Waals surface area contributed by atoms with Gasteiger partial charge in [-0.2, -0.15) is 0 Å². The minimum absolute atomic E-state index is 0.0110. The smallest absolute Gasteiger partial charge is 0.256 e. The maximum Gasteiger partial charge on any atom is 0.256 e. The Kier molecular flexibility index (Phi) is 4.65. The van der Waals surface area contributed by atoms with Gasteiger partial charge in [-0.05, 0) is 37.1 Å². The highest BCUT2D eigenvalue weighted by Gasteiger charge is 2.32. The second-order valence-corrected chi connectivity index (χ2v) is 7.84. The Morgan fingerprint density at radius 1 is 1.07 bits per heavy atom. The summed E-state index contributed by atoms with van der Waals surface area (Å²) in [6.45, 7) is 0.721. The van der Waals surface area contributed by atoms with Crippen LogP contribution in [0.4, 0.5) is 10.9 Å². The molecule has 1 aliphatic heterocycles. The number of carbonyl (C=O) groups is 1. The van der Waals surface area contributed by atoms with Gasteiger partial charge in [0.15, 0.2) is 5.13 Å². The molecule has 0 unspecified atom stereocenters. The van der Waals surface area contributed by atoms with Crippen LogP contribution in [0.25, 0.3) is 10.9 Å². The van der Waals surface area contributed by atoms with Gasteiger partial charge in [0.2, 0.25) is 0 Å². The summed E-state index contributed by atoms with van der Waals surface area (Å²) in [7, 11) is 0. The van der Waals surface area contributed by atoms with Crippen molar-refractivity contribution in [2.75, 3.05) is 11.9 Å². The number of amides is 1. The largest absolute Gasteiger partial charge is 0.330 e. The van der Waals surface area contributed by atoms with E-state index in [1.165, 1.54) is 11.3 Å². The van der Waals surface area contributed by atoms with Crippen molar-refractivity contribution in [1.29, 1.82) is 0 Å². The van der Waals surface area contributed by atoms with E-state index in [1.807, 2.05) is 58.8 Å². The maximum absolute atomic E-state index is 13.4. The molecule has 1 aliphatic rings. The molecular formula is C22H19N5OS. The highest BCUT2D eigenvalue weighted by Crippen LogP contribution is 2.34. The summed E-state index contributed by atoms with van der Waals surface area (Å²) in [5.41, 5.74) is 2.29.